The second-order valence-corrected chi connectivity index (χ2v) is 5.49. The van der Waals surface area contributed by atoms with Crippen molar-refractivity contribution in [2.24, 2.45) is 0 Å². The van der Waals surface area contributed by atoms with Gasteiger partial charge in [0.2, 0.25) is 0 Å². The monoisotopic (exact) mass is 223 g/mol. The van der Waals surface area contributed by atoms with E-state index < -0.39 is 0 Å². The number of nitrogens with one attached hydrogen (secondary N) is 2. The molecule has 2 aliphatic rings. The Labute approximate surface area is 94.4 Å². The van der Waals surface area contributed by atoms with Crippen molar-refractivity contribution in [3.05, 3.63) is 17.2 Å². The molecule has 1 atom stereocenters. The fraction of sp³-hybridized carbons (Fsp3) is 0.727. The summed E-state index contributed by atoms with van der Waals surface area (Å²) in [4.78, 5) is 8.26. The molecular weight excluding hydrogens is 206 g/mol. The number of thioether (sulfide) groups is 1. The number of imidazole rings is 1. The molecule has 0 bridgehead atoms. The largest absolute Gasteiger partial charge is 0.344 e. The van der Waals surface area contributed by atoms with E-state index in [9.17, 15) is 0 Å². The topological polar surface area (TPSA) is 40.7 Å². The summed E-state index contributed by atoms with van der Waals surface area (Å²) in [5, 5.41) is 3.53. The summed E-state index contributed by atoms with van der Waals surface area (Å²) in [5.41, 5.74) is 2.72. The van der Waals surface area contributed by atoms with Gasteiger partial charge in [-0.05, 0) is 25.7 Å². The van der Waals surface area contributed by atoms with Crippen LogP contribution in [0.3, 0.4) is 0 Å². The fourth-order valence-corrected chi connectivity index (χ4v) is 3.32. The zero-order valence-electron chi connectivity index (χ0n) is 8.88. The molecule has 0 spiro atoms. The lowest BCUT2D eigenvalue weighted by Gasteiger charge is -2.20. The van der Waals surface area contributed by atoms with Crippen LogP contribution in [0.2, 0.25) is 0 Å². The quantitative estimate of drug-likeness (QED) is 0.761. The van der Waals surface area contributed by atoms with E-state index in [1.165, 1.54) is 48.6 Å². The van der Waals surface area contributed by atoms with Gasteiger partial charge in [0.1, 0.15) is 5.82 Å². The molecule has 2 N–H and O–H groups in total. The molecule has 1 fully saturated rings. The molecule has 1 aliphatic carbocycles. The highest BCUT2D eigenvalue weighted by atomic mass is 32.2. The summed E-state index contributed by atoms with van der Waals surface area (Å²) in [5.74, 6) is 3.57. The summed E-state index contributed by atoms with van der Waals surface area (Å²) >= 11 is 2.02. The first-order chi connectivity index (χ1) is 7.43. The first kappa shape index (κ1) is 9.73. The first-order valence-electron chi connectivity index (χ1n) is 5.82. The van der Waals surface area contributed by atoms with Crippen LogP contribution in [-0.2, 0) is 12.8 Å². The molecule has 15 heavy (non-hydrogen) atoms. The lowest BCUT2D eigenvalue weighted by Crippen LogP contribution is -2.31. The molecule has 1 aromatic heterocycles. The van der Waals surface area contributed by atoms with Crippen molar-refractivity contribution in [2.75, 3.05) is 18.1 Å². The first-order valence-corrected chi connectivity index (χ1v) is 6.98. The van der Waals surface area contributed by atoms with Gasteiger partial charge in [-0.15, -0.1) is 0 Å². The van der Waals surface area contributed by atoms with Crippen molar-refractivity contribution in [1.82, 2.24) is 15.3 Å². The third-order valence-corrected chi connectivity index (χ3v) is 4.29. The summed E-state index contributed by atoms with van der Waals surface area (Å²) in [6, 6.07) is 0.453. The number of hydrogen-bond acceptors (Lipinski definition) is 3. The van der Waals surface area contributed by atoms with Crippen LogP contribution in [-0.4, -0.2) is 28.0 Å². The molecule has 2 heterocycles. The van der Waals surface area contributed by atoms with E-state index >= 15 is 0 Å². The van der Waals surface area contributed by atoms with Crippen LogP contribution in [0.25, 0.3) is 0 Å². The lowest BCUT2D eigenvalue weighted by molar-refractivity contribution is 0.568. The Morgan fingerprint density at radius 1 is 1.27 bits per heavy atom. The van der Waals surface area contributed by atoms with Crippen LogP contribution in [0.1, 0.15) is 36.1 Å². The van der Waals surface area contributed by atoms with Crippen LogP contribution in [0, 0.1) is 0 Å². The van der Waals surface area contributed by atoms with Crippen molar-refractivity contribution in [1.29, 1.82) is 0 Å². The number of nitrogens with zero attached hydrogens (tertiary/aromatic N) is 1. The molecule has 0 radical (unpaired) electrons. The maximum absolute atomic E-state index is 4.74. The molecule has 82 valence electrons. The van der Waals surface area contributed by atoms with Crippen molar-refractivity contribution in [3.8, 4) is 0 Å². The third kappa shape index (κ3) is 1.93. The fourth-order valence-electron chi connectivity index (χ4n) is 2.38. The Morgan fingerprint density at radius 3 is 3.00 bits per heavy atom. The Balaban J connectivity index is 1.82. The SMILES string of the molecule is C1CCc2[nH]c(C3CSCCN3)nc2C1. The van der Waals surface area contributed by atoms with E-state index in [0.29, 0.717) is 6.04 Å². The van der Waals surface area contributed by atoms with Crippen molar-refractivity contribution in [2.45, 2.75) is 31.7 Å². The minimum Gasteiger partial charge on any atom is -0.344 e. The van der Waals surface area contributed by atoms with Crippen LogP contribution >= 0.6 is 11.8 Å². The molecular formula is C11H17N3S. The summed E-state index contributed by atoms with van der Waals surface area (Å²) < 4.78 is 0. The molecule has 0 aromatic carbocycles. The summed E-state index contributed by atoms with van der Waals surface area (Å²) in [7, 11) is 0. The highest BCUT2D eigenvalue weighted by Gasteiger charge is 2.21. The van der Waals surface area contributed by atoms with E-state index in [0.717, 1.165) is 12.3 Å². The van der Waals surface area contributed by atoms with Gasteiger partial charge >= 0.3 is 0 Å². The number of fused-ring (bicyclic) bond motifs is 1. The molecule has 3 rings (SSSR count). The van der Waals surface area contributed by atoms with Gasteiger partial charge in [0.15, 0.2) is 0 Å². The lowest BCUT2D eigenvalue weighted by atomic mass is 10.0. The standard InChI is InChI=1S/C11H17N3S/c1-2-4-9-8(3-1)13-11(14-9)10-7-15-6-5-12-10/h10,12H,1-7H2,(H,13,14). The molecule has 0 amide bonds. The van der Waals surface area contributed by atoms with Gasteiger partial charge in [-0.25, -0.2) is 4.98 Å². The second kappa shape index (κ2) is 4.18. The highest BCUT2D eigenvalue weighted by Crippen LogP contribution is 2.24. The Bertz CT molecular complexity index is 318. The molecule has 1 saturated heterocycles. The van der Waals surface area contributed by atoms with Crippen molar-refractivity contribution < 1.29 is 0 Å². The number of rotatable bonds is 1. The maximum atomic E-state index is 4.74. The van der Waals surface area contributed by atoms with E-state index in [2.05, 4.69) is 10.3 Å². The van der Waals surface area contributed by atoms with Crippen LogP contribution in [0.5, 0.6) is 0 Å². The minimum atomic E-state index is 0.453. The number of H-pyrrole nitrogens is 1. The number of hydrogen-bond donors (Lipinski definition) is 2. The van der Waals surface area contributed by atoms with Gasteiger partial charge in [0.05, 0.1) is 11.7 Å². The highest BCUT2D eigenvalue weighted by molar-refractivity contribution is 7.99. The average molecular weight is 223 g/mol. The van der Waals surface area contributed by atoms with Gasteiger partial charge < -0.3 is 10.3 Å². The van der Waals surface area contributed by atoms with Gasteiger partial charge in [0.25, 0.3) is 0 Å². The van der Waals surface area contributed by atoms with Crippen LogP contribution in [0.4, 0.5) is 0 Å². The molecule has 4 heteroatoms. The predicted octanol–water partition coefficient (Wildman–Crippen LogP) is 1.67. The van der Waals surface area contributed by atoms with Crippen LogP contribution in [0.15, 0.2) is 0 Å². The normalized spacial score (nSPS) is 26.3. The van der Waals surface area contributed by atoms with E-state index in [1.807, 2.05) is 11.8 Å². The summed E-state index contributed by atoms with van der Waals surface area (Å²) in [6.45, 7) is 1.11. The molecule has 1 unspecified atom stereocenters. The smallest absolute Gasteiger partial charge is 0.124 e. The second-order valence-electron chi connectivity index (χ2n) is 4.34. The van der Waals surface area contributed by atoms with E-state index in [-0.39, 0.29) is 0 Å². The number of aryl methyl sites for hydroxylation is 2. The van der Waals surface area contributed by atoms with Gasteiger partial charge in [-0.1, -0.05) is 0 Å². The maximum Gasteiger partial charge on any atom is 0.124 e. The van der Waals surface area contributed by atoms with Gasteiger partial charge in [-0.3, -0.25) is 0 Å². The summed E-state index contributed by atoms with van der Waals surface area (Å²) in [6.07, 6.45) is 5.00. The number of aromatic nitrogens is 2. The zero-order chi connectivity index (χ0) is 10.1. The average Bonchev–Trinajstić information content (AvgIpc) is 2.74. The molecule has 1 aliphatic heterocycles. The molecule has 1 aromatic rings. The van der Waals surface area contributed by atoms with Gasteiger partial charge in [-0.2, -0.15) is 11.8 Å². The molecule has 3 nitrogen and oxygen atoms in total. The predicted molar refractivity (Wildman–Crippen MR) is 63.3 cm³/mol. The Kier molecular flexibility index (Phi) is 2.71. The Hall–Kier alpha value is -0.480. The molecule has 0 saturated carbocycles. The third-order valence-electron chi connectivity index (χ3n) is 3.22. The minimum absolute atomic E-state index is 0.453. The van der Waals surface area contributed by atoms with E-state index in [1.54, 1.807) is 0 Å². The van der Waals surface area contributed by atoms with E-state index in [4.69, 9.17) is 4.98 Å². The van der Waals surface area contributed by atoms with Crippen molar-refractivity contribution >= 4 is 11.8 Å². The van der Waals surface area contributed by atoms with Crippen molar-refractivity contribution in [3.63, 3.8) is 0 Å². The zero-order valence-corrected chi connectivity index (χ0v) is 9.70. The van der Waals surface area contributed by atoms with Gasteiger partial charge in [0, 0.05) is 23.7 Å². The Morgan fingerprint density at radius 2 is 2.20 bits per heavy atom. The van der Waals surface area contributed by atoms with Crippen LogP contribution < -0.4 is 5.32 Å². The number of aromatic amines is 1.